The number of anilines is 1. The minimum absolute atomic E-state index is 0.143. The van der Waals surface area contributed by atoms with E-state index in [1.165, 1.54) is 16.7 Å². The topological polar surface area (TPSA) is 147 Å². The van der Waals surface area contributed by atoms with Crippen molar-refractivity contribution in [2.45, 2.75) is 120 Å². The molecular weight excluding hydrogens is 778 g/mol. The molecule has 1 amide bonds. The van der Waals surface area contributed by atoms with Crippen LogP contribution in [0, 0.1) is 11.8 Å². The van der Waals surface area contributed by atoms with Gasteiger partial charge < -0.3 is 30.3 Å². The molecular formula is C49H58ClN3O7. The first-order valence-electron chi connectivity index (χ1n) is 21.6. The van der Waals surface area contributed by atoms with Gasteiger partial charge in [0.1, 0.15) is 23.1 Å². The molecule has 60 heavy (non-hydrogen) atoms. The highest BCUT2D eigenvalue weighted by Gasteiger charge is 2.54. The number of carbonyl (C=O) groups is 3. The standard InChI is InChI=1S/C49H58ClN3O7/c1-32(31-60-43-20-25-51-41-14-6-9-33(2)45(41)43)27-36-28-35-17-18-39(59-26-8-15-44(54)52-42(46(55)56)19-16-34-10-4-3-5-11-34)30-40(35)48(36)21-23-49(24-22-48,47(57)58)53-38-13-7-12-37(50)29-38/h3-5,7,10-13,17-18,20,25,29-30,32-33,36,42,53H,6,8-9,14-16,19,21-24,26-28,31H2,1-2H3,(H,52,54)(H,55,56)(H,57,58)/t32-,33-,36+,42-,48?,49?/m1/s1. The number of carboxylic acids is 2. The molecule has 4 atom stereocenters. The number of nitrogens with one attached hydrogen (secondary N) is 2. The molecule has 4 aromatic rings. The summed E-state index contributed by atoms with van der Waals surface area (Å²) in [7, 11) is 0. The van der Waals surface area contributed by atoms with E-state index in [-0.39, 0.29) is 29.6 Å². The summed E-state index contributed by atoms with van der Waals surface area (Å²) in [6.45, 7) is 5.40. The van der Waals surface area contributed by atoms with Crippen LogP contribution >= 0.6 is 11.6 Å². The number of carboxylic acid groups (broad SMARTS) is 2. The molecule has 0 radical (unpaired) electrons. The predicted molar refractivity (Wildman–Crippen MR) is 233 cm³/mol. The quantitative estimate of drug-likeness (QED) is 0.0720. The van der Waals surface area contributed by atoms with Gasteiger partial charge in [-0.15, -0.1) is 0 Å². The molecule has 11 heteroatoms. The first-order valence-corrected chi connectivity index (χ1v) is 22.0. The number of aromatic nitrogens is 1. The van der Waals surface area contributed by atoms with E-state index >= 15 is 0 Å². The highest BCUT2D eigenvalue weighted by atomic mass is 35.5. The second kappa shape index (κ2) is 19.1. The van der Waals surface area contributed by atoms with Crippen LogP contribution in [-0.2, 0) is 39.1 Å². The van der Waals surface area contributed by atoms with Gasteiger partial charge in [-0.25, -0.2) is 9.59 Å². The lowest BCUT2D eigenvalue weighted by Gasteiger charge is -2.47. The Kier molecular flexibility index (Phi) is 13.7. The SMILES string of the molecule is C[C@@H](COc1ccnc2c1[C@H](C)CCC2)C[C@H]1Cc2ccc(OCCCC(=O)N[C@H](CCc3ccccc3)C(=O)O)cc2C12CCC(Nc1cccc(Cl)c1)(C(=O)O)CC2. The average Bonchev–Trinajstić information content (AvgIpc) is 3.52. The van der Waals surface area contributed by atoms with Crippen molar-refractivity contribution < 1.29 is 34.1 Å². The third-order valence-corrected chi connectivity index (χ3v) is 13.5. The van der Waals surface area contributed by atoms with Crippen molar-refractivity contribution in [2.75, 3.05) is 18.5 Å². The van der Waals surface area contributed by atoms with Crippen molar-refractivity contribution in [3.8, 4) is 11.5 Å². The maximum absolute atomic E-state index is 13.1. The van der Waals surface area contributed by atoms with Gasteiger partial charge in [0.25, 0.3) is 0 Å². The molecule has 1 spiro atoms. The van der Waals surface area contributed by atoms with Crippen molar-refractivity contribution in [1.82, 2.24) is 10.3 Å². The molecule has 1 heterocycles. The lowest BCUT2D eigenvalue weighted by Crippen LogP contribution is -2.53. The molecule has 1 fully saturated rings. The van der Waals surface area contributed by atoms with Gasteiger partial charge in [-0.05, 0) is 153 Å². The van der Waals surface area contributed by atoms with Crippen LogP contribution in [0.25, 0.3) is 0 Å². The van der Waals surface area contributed by atoms with Crippen LogP contribution in [0.1, 0.15) is 112 Å². The van der Waals surface area contributed by atoms with Crippen molar-refractivity contribution in [3.63, 3.8) is 0 Å². The molecule has 7 rings (SSSR count). The van der Waals surface area contributed by atoms with Crippen LogP contribution in [-0.4, -0.2) is 57.8 Å². The van der Waals surface area contributed by atoms with E-state index in [0.29, 0.717) is 80.5 Å². The molecule has 3 aliphatic carbocycles. The normalized spacial score (nSPS) is 22.9. The van der Waals surface area contributed by atoms with E-state index in [2.05, 4.69) is 41.6 Å². The molecule has 4 N–H and O–H groups in total. The zero-order chi connectivity index (χ0) is 42.3. The molecule has 0 unspecified atom stereocenters. The van der Waals surface area contributed by atoms with Crippen LogP contribution in [0.15, 0.2) is 85.1 Å². The molecule has 1 aromatic heterocycles. The molecule has 3 aromatic carbocycles. The minimum Gasteiger partial charge on any atom is -0.494 e. The van der Waals surface area contributed by atoms with Gasteiger partial charge in [0.05, 0.1) is 13.2 Å². The molecule has 1 saturated carbocycles. The van der Waals surface area contributed by atoms with Crippen LogP contribution < -0.4 is 20.1 Å². The van der Waals surface area contributed by atoms with E-state index in [0.717, 1.165) is 49.1 Å². The smallest absolute Gasteiger partial charge is 0.329 e. The second-order valence-electron chi connectivity index (χ2n) is 17.4. The van der Waals surface area contributed by atoms with Gasteiger partial charge in [0.15, 0.2) is 0 Å². The number of amides is 1. The van der Waals surface area contributed by atoms with Crippen molar-refractivity contribution in [2.24, 2.45) is 11.8 Å². The average molecular weight is 836 g/mol. The van der Waals surface area contributed by atoms with Crippen LogP contribution in [0.5, 0.6) is 11.5 Å². The minimum atomic E-state index is -1.13. The number of fused-ring (bicyclic) bond motifs is 3. The van der Waals surface area contributed by atoms with Crippen LogP contribution in [0.4, 0.5) is 5.69 Å². The Morgan fingerprint density at radius 3 is 2.52 bits per heavy atom. The number of aryl methyl sites for hydroxylation is 2. The van der Waals surface area contributed by atoms with Gasteiger partial charge in [-0.3, -0.25) is 9.78 Å². The predicted octanol–water partition coefficient (Wildman–Crippen LogP) is 9.56. The fraction of sp³-hybridized carbons (Fsp3) is 0.469. The number of carbonyl (C=O) groups excluding carboxylic acids is 1. The summed E-state index contributed by atoms with van der Waals surface area (Å²) in [5.41, 5.74) is 5.21. The number of halogens is 1. The summed E-state index contributed by atoms with van der Waals surface area (Å²) >= 11 is 6.30. The number of nitrogens with zero attached hydrogens (tertiary/aromatic N) is 1. The Labute approximate surface area is 358 Å². The molecule has 0 saturated heterocycles. The largest absolute Gasteiger partial charge is 0.494 e. The highest BCUT2D eigenvalue weighted by Crippen LogP contribution is 2.57. The fourth-order valence-corrected chi connectivity index (χ4v) is 10.3. The monoisotopic (exact) mass is 835 g/mol. The number of aliphatic carboxylic acids is 2. The number of benzene rings is 3. The van der Waals surface area contributed by atoms with E-state index in [1.54, 1.807) is 12.1 Å². The van der Waals surface area contributed by atoms with Crippen LogP contribution in [0.3, 0.4) is 0 Å². The summed E-state index contributed by atoms with van der Waals surface area (Å²) in [5.74, 6) is 0.374. The summed E-state index contributed by atoms with van der Waals surface area (Å²) in [5, 5.41) is 27.0. The number of ether oxygens (including phenoxy) is 2. The molecule has 3 aliphatic rings. The zero-order valence-electron chi connectivity index (χ0n) is 34.8. The maximum atomic E-state index is 13.1. The lowest BCUT2D eigenvalue weighted by atomic mass is 9.59. The van der Waals surface area contributed by atoms with Gasteiger partial charge in [0.2, 0.25) is 5.91 Å². The zero-order valence-corrected chi connectivity index (χ0v) is 35.5. The molecule has 318 valence electrons. The number of hydrogen-bond acceptors (Lipinski definition) is 7. The van der Waals surface area contributed by atoms with Crippen molar-refractivity contribution in [3.05, 3.63) is 118 Å². The van der Waals surface area contributed by atoms with E-state index in [9.17, 15) is 24.6 Å². The number of rotatable bonds is 18. The Hall–Kier alpha value is -5.09. The first-order chi connectivity index (χ1) is 28.9. The second-order valence-corrected chi connectivity index (χ2v) is 17.9. The summed E-state index contributed by atoms with van der Waals surface area (Å²) in [6, 6.07) is 24.2. The Bertz CT molecular complexity index is 2140. The molecule has 0 bridgehead atoms. The third kappa shape index (κ3) is 9.92. The first kappa shape index (κ1) is 43.0. The fourth-order valence-electron chi connectivity index (χ4n) is 10.1. The molecule has 0 aliphatic heterocycles. The maximum Gasteiger partial charge on any atom is 0.329 e. The lowest BCUT2D eigenvalue weighted by molar-refractivity contribution is -0.144. The Morgan fingerprint density at radius 1 is 0.967 bits per heavy atom. The Balaban J connectivity index is 1.03. The van der Waals surface area contributed by atoms with Crippen molar-refractivity contribution >= 4 is 35.1 Å². The number of hydrogen-bond donors (Lipinski definition) is 4. The summed E-state index contributed by atoms with van der Waals surface area (Å²) < 4.78 is 12.8. The summed E-state index contributed by atoms with van der Waals surface area (Å²) in [4.78, 5) is 42.4. The summed E-state index contributed by atoms with van der Waals surface area (Å²) in [6.07, 6.45) is 10.6. The number of pyridine rings is 1. The van der Waals surface area contributed by atoms with Gasteiger partial charge >= 0.3 is 11.9 Å². The van der Waals surface area contributed by atoms with Gasteiger partial charge in [0, 0.05) is 34.6 Å². The van der Waals surface area contributed by atoms with Crippen LogP contribution in [0.2, 0.25) is 5.02 Å². The Morgan fingerprint density at radius 2 is 1.77 bits per heavy atom. The van der Waals surface area contributed by atoms with E-state index in [4.69, 9.17) is 21.1 Å². The van der Waals surface area contributed by atoms with E-state index in [1.807, 2.05) is 60.8 Å². The van der Waals surface area contributed by atoms with E-state index < -0.39 is 23.5 Å². The van der Waals surface area contributed by atoms with Crippen molar-refractivity contribution in [1.29, 1.82) is 0 Å². The van der Waals surface area contributed by atoms with Gasteiger partial charge in [-0.2, -0.15) is 0 Å². The third-order valence-electron chi connectivity index (χ3n) is 13.3. The highest BCUT2D eigenvalue weighted by molar-refractivity contribution is 6.30. The van der Waals surface area contributed by atoms with Gasteiger partial charge in [-0.1, -0.05) is 67.9 Å². The molecule has 10 nitrogen and oxygen atoms in total.